The normalized spacial score (nSPS) is 17.2. The van der Waals surface area contributed by atoms with Crippen molar-refractivity contribution >= 4 is 23.2 Å². The molecule has 2 aliphatic rings. The van der Waals surface area contributed by atoms with Gasteiger partial charge in [0.05, 0.1) is 21.7 Å². The number of aromatic hydroxyl groups is 1. The molecule has 2 aliphatic heterocycles. The molecule has 2 saturated heterocycles. The van der Waals surface area contributed by atoms with Crippen molar-refractivity contribution in [2.45, 2.75) is 19.8 Å². The molecule has 0 atom stereocenters. The third-order valence-electron chi connectivity index (χ3n) is 6.53. The molecule has 1 N–H and O–H groups in total. The van der Waals surface area contributed by atoms with Gasteiger partial charge in [-0.25, -0.2) is 0 Å². The van der Waals surface area contributed by atoms with Crippen LogP contribution < -0.4 is 4.90 Å². The number of piperidine rings is 1. The number of nitro groups is 1. The first kappa shape index (κ1) is 22.6. The molecule has 2 fully saturated rings. The van der Waals surface area contributed by atoms with Crippen molar-refractivity contribution in [2.24, 2.45) is 5.92 Å². The number of carbonyl (C=O) groups excluding carboxylic acids is 2. The lowest BCUT2D eigenvalue weighted by Crippen LogP contribution is -2.50. The average molecular weight is 453 g/mol. The van der Waals surface area contributed by atoms with Gasteiger partial charge in [0, 0.05) is 51.4 Å². The molecular formula is C24H28N4O5. The molecule has 9 heteroatoms. The van der Waals surface area contributed by atoms with Crippen molar-refractivity contribution in [1.82, 2.24) is 9.80 Å². The van der Waals surface area contributed by atoms with E-state index >= 15 is 0 Å². The predicted molar refractivity (Wildman–Crippen MR) is 124 cm³/mol. The molecular weight excluding hydrogens is 424 g/mol. The molecule has 2 aromatic rings. The van der Waals surface area contributed by atoms with Crippen LogP contribution in [0.25, 0.3) is 0 Å². The maximum atomic E-state index is 13.4. The lowest BCUT2D eigenvalue weighted by Gasteiger charge is -2.37. The monoisotopic (exact) mass is 452 g/mol. The van der Waals surface area contributed by atoms with Gasteiger partial charge in [-0.15, -0.1) is 0 Å². The minimum absolute atomic E-state index is 0.0712. The van der Waals surface area contributed by atoms with E-state index in [1.165, 1.54) is 18.2 Å². The van der Waals surface area contributed by atoms with Gasteiger partial charge in [0.1, 0.15) is 5.75 Å². The molecule has 0 unspecified atom stereocenters. The summed E-state index contributed by atoms with van der Waals surface area (Å²) < 4.78 is 0. The van der Waals surface area contributed by atoms with E-state index in [2.05, 4.69) is 11.8 Å². The van der Waals surface area contributed by atoms with Gasteiger partial charge >= 0.3 is 0 Å². The van der Waals surface area contributed by atoms with Crippen molar-refractivity contribution in [3.63, 3.8) is 0 Å². The summed E-state index contributed by atoms with van der Waals surface area (Å²) in [6.07, 6.45) is 2.02. The van der Waals surface area contributed by atoms with Crippen molar-refractivity contribution in [3.8, 4) is 5.75 Å². The van der Waals surface area contributed by atoms with E-state index < -0.39 is 4.92 Å². The Bertz CT molecular complexity index is 1060. The number of hydrogen-bond acceptors (Lipinski definition) is 6. The third-order valence-corrected chi connectivity index (χ3v) is 6.53. The SMILES string of the molecule is CC1CCN(c2ccc([N+](=O)[O-])cc2C(=O)N2CCN(C(=O)c3ccccc3O)CC2)CC1. The minimum Gasteiger partial charge on any atom is -0.507 e. The molecule has 9 nitrogen and oxygen atoms in total. The van der Waals surface area contributed by atoms with Crippen molar-refractivity contribution in [2.75, 3.05) is 44.2 Å². The average Bonchev–Trinajstić information content (AvgIpc) is 2.84. The third kappa shape index (κ3) is 4.76. The Balaban J connectivity index is 1.51. The number of rotatable bonds is 4. The number of phenolic OH excluding ortho intramolecular Hbond substituents is 1. The van der Waals surface area contributed by atoms with Crippen LogP contribution in [-0.2, 0) is 0 Å². The number of piperazine rings is 1. The number of non-ortho nitro benzene ring substituents is 1. The summed E-state index contributed by atoms with van der Waals surface area (Å²) in [6.45, 7) is 5.10. The molecule has 0 aliphatic carbocycles. The first-order chi connectivity index (χ1) is 15.8. The Morgan fingerprint density at radius 2 is 1.48 bits per heavy atom. The molecule has 33 heavy (non-hydrogen) atoms. The van der Waals surface area contributed by atoms with E-state index in [1.54, 1.807) is 34.1 Å². The molecule has 0 spiro atoms. The van der Waals surface area contributed by atoms with Gasteiger partial charge in [0.15, 0.2) is 0 Å². The van der Waals surface area contributed by atoms with Crippen LogP contribution in [-0.4, -0.2) is 70.9 Å². The second-order valence-electron chi connectivity index (χ2n) is 8.73. The topological polar surface area (TPSA) is 107 Å². The molecule has 0 saturated carbocycles. The Labute approximate surface area is 192 Å². The van der Waals surface area contributed by atoms with Crippen LogP contribution in [0.4, 0.5) is 11.4 Å². The number of nitrogens with zero attached hydrogens (tertiary/aromatic N) is 4. The van der Waals surface area contributed by atoms with E-state index in [4.69, 9.17) is 0 Å². The quantitative estimate of drug-likeness (QED) is 0.564. The van der Waals surface area contributed by atoms with Gasteiger partial charge in [-0.2, -0.15) is 0 Å². The van der Waals surface area contributed by atoms with Crippen LogP contribution in [0.1, 0.15) is 40.5 Å². The Kier molecular flexibility index (Phi) is 6.48. The summed E-state index contributed by atoms with van der Waals surface area (Å²) in [7, 11) is 0. The van der Waals surface area contributed by atoms with Gasteiger partial charge in [-0.3, -0.25) is 19.7 Å². The maximum Gasteiger partial charge on any atom is 0.270 e. The second-order valence-corrected chi connectivity index (χ2v) is 8.73. The zero-order valence-corrected chi connectivity index (χ0v) is 18.6. The number of hydrogen-bond donors (Lipinski definition) is 1. The second kappa shape index (κ2) is 9.48. The summed E-state index contributed by atoms with van der Waals surface area (Å²) in [6, 6.07) is 10.9. The first-order valence-electron chi connectivity index (χ1n) is 11.2. The highest BCUT2D eigenvalue weighted by Crippen LogP contribution is 2.30. The minimum atomic E-state index is -0.484. The van der Waals surface area contributed by atoms with Crippen LogP contribution >= 0.6 is 0 Å². The maximum absolute atomic E-state index is 13.4. The molecule has 0 bridgehead atoms. The van der Waals surface area contributed by atoms with Crippen LogP contribution in [0.2, 0.25) is 0 Å². The summed E-state index contributed by atoms with van der Waals surface area (Å²) >= 11 is 0. The van der Waals surface area contributed by atoms with E-state index in [9.17, 15) is 24.8 Å². The molecule has 2 aromatic carbocycles. The molecule has 2 amide bonds. The van der Waals surface area contributed by atoms with E-state index in [0.717, 1.165) is 31.6 Å². The molecule has 0 radical (unpaired) electrons. The predicted octanol–water partition coefficient (Wildman–Crippen LogP) is 3.13. The summed E-state index contributed by atoms with van der Waals surface area (Å²) in [5.41, 5.74) is 1.18. The van der Waals surface area contributed by atoms with Gasteiger partial charge in [-0.05, 0) is 37.0 Å². The fourth-order valence-electron chi connectivity index (χ4n) is 4.44. The fourth-order valence-corrected chi connectivity index (χ4v) is 4.44. The van der Waals surface area contributed by atoms with Crippen LogP contribution in [0.15, 0.2) is 42.5 Å². The first-order valence-corrected chi connectivity index (χ1v) is 11.2. The van der Waals surface area contributed by atoms with E-state index in [1.807, 2.05) is 0 Å². The van der Waals surface area contributed by atoms with Gasteiger partial charge < -0.3 is 19.8 Å². The number of anilines is 1. The molecule has 0 aromatic heterocycles. The molecule has 4 rings (SSSR count). The van der Waals surface area contributed by atoms with Crippen molar-refractivity contribution in [1.29, 1.82) is 0 Å². The van der Waals surface area contributed by atoms with Crippen LogP contribution in [0, 0.1) is 16.0 Å². The van der Waals surface area contributed by atoms with E-state index in [-0.39, 0.29) is 28.8 Å². The van der Waals surface area contributed by atoms with Crippen molar-refractivity contribution in [3.05, 3.63) is 63.7 Å². The lowest BCUT2D eigenvalue weighted by atomic mass is 9.97. The van der Waals surface area contributed by atoms with Crippen LogP contribution in [0.5, 0.6) is 5.75 Å². The van der Waals surface area contributed by atoms with Gasteiger partial charge in [-0.1, -0.05) is 19.1 Å². The number of benzene rings is 2. The highest BCUT2D eigenvalue weighted by atomic mass is 16.6. The standard InChI is InChI=1S/C24H28N4O5/c1-17-8-10-25(11-9-17)21-7-6-18(28(32)33)16-20(21)24(31)27-14-12-26(13-15-27)23(30)19-4-2-3-5-22(19)29/h2-7,16-17,29H,8-15H2,1H3. The summed E-state index contributed by atoms with van der Waals surface area (Å²) in [5.74, 6) is 0.00635. The highest BCUT2D eigenvalue weighted by molar-refractivity contribution is 6.01. The molecule has 2 heterocycles. The van der Waals surface area contributed by atoms with Gasteiger partial charge in [0.25, 0.3) is 17.5 Å². The number of para-hydroxylation sites is 1. The number of nitro benzene ring substituents is 1. The number of phenols is 1. The Morgan fingerprint density at radius 3 is 2.06 bits per heavy atom. The number of carbonyl (C=O) groups is 2. The Hall–Kier alpha value is -3.62. The molecule has 174 valence electrons. The van der Waals surface area contributed by atoms with Crippen LogP contribution in [0.3, 0.4) is 0 Å². The smallest absolute Gasteiger partial charge is 0.270 e. The van der Waals surface area contributed by atoms with E-state index in [0.29, 0.717) is 37.7 Å². The zero-order valence-electron chi connectivity index (χ0n) is 18.6. The van der Waals surface area contributed by atoms with Gasteiger partial charge in [0.2, 0.25) is 0 Å². The zero-order chi connectivity index (χ0) is 23.5. The lowest BCUT2D eigenvalue weighted by molar-refractivity contribution is -0.384. The highest BCUT2D eigenvalue weighted by Gasteiger charge is 2.30. The Morgan fingerprint density at radius 1 is 0.909 bits per heavy atom. The summed E-state index contributed by atoms with van der Waals surface area (Å²) in [4.78, 5) is 42.5. The van der Waals surface area contributed by atoms with Crippen molar-refractivity contribution < 1.29 is 19.6 Å². The fraction of sp³-hybridized carbons (Fsp3) is 0.417. The summed E-state index contributed by atoms with van der Waals surface area (Å²) in [5, 5.41) is 21.3. The number of amides is 2. The largest absolute Gasteiger partial charge is 0.507 e.